The van der Waals surface area contributed by atoms with E-state index in [1.807, 2.05) is 36.4 Å². The van der Waals surface area contributed by atoms with Crippen LogP contribution in [0.4, 0.5) is 5.69 Å². The number of aromatic nitrogens is 3. The number of nitrogens with zero attached hydrogens (tertiary/aromatic N) is 3. The number of nitrogens with one attached hydrogen (secondary N) is 1. The van der Waals surface area contributed by atoms with Crippen LogP contribution in [0.1, 0.15) is 32.0 Å². The first-order chi connectivity index (χ1) is 14.1. The molecule has 7 heteroatoms. The fourth-order valence-corrected chi connectivity index (χ4v) is 3.66. The van der Waals surface area contributed by atoms with E-state index in [0.29, 0.717) is 16.5 Å². The molecular weight excluding hydrogens is 388 g/mol. The summed E-state index contributed by atoms with van der Waals surface area (Å²) in [6.07, 6.45) is 3.70. The predicted molar refractivity (Wildman–Crippen MR) is 113 cm³/mol. The molecule has 0 spiro atoms. The van der Waals surface area contributed by atoms with E-state index in [9.17, 15) is 4.79 Å². The highest BCUT2D eigenvalue weighted by molar-refractivity contribution is 6.33. The number of amides is 1. The molecule has 1 aromatic heterocycles. The van der Waals surface area contributed by atoms with Gasteiger partial charge in [-0.05, 0) is 50.1 Å². The Morgan fingerprint density at radius 3 is 2.79 bits per heavy atom. The lowest BCUT2D eigenvalue weighted by Gasteiger charge is -2.15. The van der Waals surface area contributed by atoms with Gasteiger partial charge in [0.25, 0.3) is 5.91 Å². The van der Waals surface area contributed by atoms with Crippen molar-refractivity contribution in [1.82, 2.24) is 14.8 Å². The Morgan fingerprint density at radius 2 is 1.97 bits per heavy atom. The standard InChI is InChI=1S/C22H23ClN4O2/c1-15(29-17-8-4-2-5-9-17)22(28)24-16-11-12-19(23)18(14-16)21-26-25-20-10-6-3-7-13-27(20)21/h2,4-5,8-9,11-12,14-15H,3,6-7,10,13H2,1H3,(H,24,28). The Kier molecular flexibility index (Phi) is 5.81. The van der Waals surface area contributed by atoms with Gasteiger partial charge in [0.15, 0.2) is 11.9 Å². The largest absolute Gasteiger partial charge is 0.481 e. The van der Waals surface area contributed by atoms with Crippen LogP contribution in [0.25, 0.3) is 11.4 Å². The van der Waals surface area contributed by atoms with E-state index in [1.165, 1.54) is 6.42 Å². The Bertz CT molecular complexity index is 1000. The van der Waals surface area contributed by atoms with Gasteiger partial charge in [0.1, 0.15) is 11.6 Å². The van der Waals surface area contributed by atoms with Crippen LogP contribution < -0.4 is 10.1 Å². The number of halogens is 1. The number of hydrogen-bond acceptors (Lipinski definition) is 4. The van der Waals surface area contributed by atoms with Crippen molar-refractivity contribution in [2.45, 2.75) is 45.3 Å². The molecular formula is C22H23ClN4O2. The molecule has 6 nitrogen and oxygen atoms in total. The Balaban J connectivity index is 1.53. The highest BCUT2D eigenvalue weighted by Crippen LogP contribution is 2.31. The summed E-state index contributed by atoms with van der Waals surface area (Å²) in [5, 5.41) is 12.2. The maximum absolute atomic E-state index is 12.6. The van der Waals surface area contributed by atoms with Crippen molar-refractivity contribution in [3.8, 4) is 17.1 Å². The number of aryl methyl sites for hydroxylation is 1. The van der Waals surface area contributed by atoms with Crippen molar-refractivity contribution in [2.24, 2.45) is 0 Å². The lowest BCUT2D eigenvalue weighted by Crippen LogP contribution is -2.30. The van der Waals surface area contributed by atoms with E-state index >= 15 is 0 Å². The second kappa shape index (κ2) is 8.66. The fourth-order valence-electron chi connectivity index (χ4n) is 3.46. The summed E-state index contributed by atoms with van der Waals surface area (Å²) in [7, 11) is 0. The van der Waals surface area contributed by atoms with Crippen molar-refractivity contribution in [1.29, 1.82) is 0 Å². The van der Waals surface area contributed by atoms with Crippen LogP contribution in [0.15, 0.2) is 48.5 Å². The number of carbonyl (C=O) groups is 1. The third-order valence-electron chi connectivity index (χ3n) is 5.01. The maximum Gasteiger partial charge on any atom is 0.265 e. The molecule has 4 rings (SSSR count). The minimum Gasteiger partial charge on any atom is -0.481 e. The summed E-state index contributed by atoms with van der Waals surface area (Å²) < 4.78 is 7.84. The molecule has 0 radical (unpaired) electrons. The van der Waals surface area contributed by atoms with E-state index in [0.717, 1.165) is 43.0 Å². The van der Waals surface area contributed by atoms with Crippen LogP contribution in [0, 0.1) is 0 Å². The number of para-hydroxylation sites is 1. The van der Waals surface area contributed by atoms with Gasteiger partial charge in [0.05, 0.1) is 5.02 Å². The highest BCUT2D eigenvalue weighted by Gasteiger charge is 2.20. The molecule has 1 atom stereocenters. The van der Waals surface area contributed by atoms with Crippen molar-refractivity contribution in [3.05, 3.63) is 59.4 Å². The first kappa shape index (κ1) is 19.5. The monoisotopic (exact) mass is 410 g/mol. The molecule has 1 amide bonds. The number of anilines is 1. The first-order valence-corrected chi connectivity index (χ1v) is 10.2. The summed E-state index contributed by atoms with van der Waals surface area (Å²) in [4.78, 5) is 12.6. The molecule has 0 bridgehead atoms. The average Bonchev–Trinajstić information content (AvgIpc) is 2.97. The van der Waals surface area contributed by atoms with Crippen LogP contribution in [0.5, 0.6) is 5.75 Å². The quantitative estimate of drug-likeness (QED) is 0.660. The maximum atomic E-state index is 12.6. The molecule has 1 aliphatic rings. The van der Waals surface area contributed by atoms with E-state index in [1.54, 1.807) is 19.1 Å². The molecule has 0 saturated heterocycles. The highest BCUT2D eigenvalue weighted by atomic mass is 35.5. The van der Waals surface area contributed by atoms with E-state index in [4.69, 9.17) is 16.3 Å². The molecule has 2 aromatic carbocycles. The van der Waals surface area contributed by atoms with Crippen LogP contribution in [-0.2, 0) is 17.8 Å². The normalized spacial score (nSPS) is 14.6. The van der Waals surface area contributed by atoms with Crippen molar-refractivity contribution >= 4 is 23.2 Å². The van der Waals surface area contributed by atoms with Gasteiger partial charge >= 0.3 is 0 Å². The zero-order valence-electron chi connectivity index (χ0n) is 16.3. The molecule has 3 aromatic rings. The molecule has 1 aliphatic heterocycles. The number of carbonyl (C=O) groups excluding carboxylic acids is 1. The summed E-state index contributed by atoms with van der Waals surface area (Å²) in [6.45, 7) is 2.60. The predicted octanol–water partition coefficient (Wildman–Crippen LogP) is 4.73. The molecule has 29 heavy (non-hydrogen) atoms. The van der Waals surface area contributed by atoms with Crippen LogP contribution in [0.3, 0.4) is 0 Å². The van der Waals surface area contributed by atoms with Gasteiger partial charge in [0.2, 0.25) is 0 Å². The third kappa shape index (κ3) is 4.43. The van der Waals surface area contributed by atoms with E-state index in [2.05, 4.69) is 20.1 Å². The van der Waals surface area contributed by atoms with Gasteiger partial charge in [-0.3, -0.25) is 4.79 Å². The molecule has 1 unspecified atom stereocenters. The molecule has 0 saturated carbocycles. The minimum atomic E-state index is -0.638. The zero-order chi connectivity index (χ0) is 20.2. The van der Waals surface area contributed by atoms with Crippen LogP contribution in [-0.4, -0.2) is 26.8 Å². The smallest absolute Gasteiger partial charge is 0.265 e. The van der Waals surface area contributed by atoms with Crippen molar-refractivity contribution in [3.63, 3.8) is 0 Å². The van der Waals surface area contributed by atoms with Gasteiger partial charge in [-0.2, -0.15) is 0 Å². The number of rotatable bonds is 5. The second-order valence-electron chi connectivity index (χ2n) is 7.16. The Morgan fingerprint density at radius 1 is 1.14 bits per heavy atom. The lowest BCUT2D eigenvalue weighted by molar-refractivity contribution is -0.122. The summed E-state index contributed by atoms with van der Waals surface area (Å²) >= 11 is 6.46. The van der Waals surface area contributed by atoms with Gasteiger partial charge in [-0.25, -0.2) is 0 Å². The lowest BCUT2D eigenvalue weighted by atomic mass is 10.1. The van der Waals surface area contributed by atoms with Gasteiger partial charge in [-0.1, -0.05) is 36.2 Å². The number of fused-ring (bicyclic) bond motifs is 1. The van der Waals surface area contributed by atoms with Gasteiger partial charge in [0, 0.05) is 24.2 Å². The van der Waals surface area contributed by atoms with Crippen molar-refractivity contribution < 1.29 is 9.53 Å². The topological polar surface area (TPSA) is 69.0 Å². The van der Waals surface area contributed by atoms with E-state index < -0.39 is 6.10 Å². The molecule has 2 heterocycles. The summed E-state index contributed by atoms with van der Waals surface area (Å²) in [5.41, 5.74) is 1.41. The fraction of sp³-hybridized carbons (Fsp3) is 0.318. The van der Waals surface area contributed by atoms with Gasteiger partial charge in [-0.15, -0.1) is 10.2 Å². The number of benzene rings is 2. The molecule has 1 N–H and O–H groups in total. The third-order valence-corrected chi connectivity index (χ3v) is 5.34. The average molecular weight is 411 g/mol. The zero-order valence-corrected chi connectivity index (χ0v) is 17.0. The second-order valence-corrected chi connectivity index (χ2v) is 7.57. The summed E-state index contributed by atoms with van der Waals surface area (Å²) in [5.74, 6) is 2.16. The molecule has 0 fully saturated rings. The molecule has 0 aliphatic carbocycles. The van der Waals surface area contributed by atoms with Crippen LogP contribution in [0.2, 0.25) is 5.02 Å². The number of hydrogen-bond donors (Lipinski definition) is 1. The van der Waals surface area contributed by atoms with E-state index in [-0.39, 0.29) is 5.91 Å². The molecule has 150 valence electrons. The Hall–Kier alpha value is -2.86. The minimum absolute atomic E-state index is 0.234. The van der Waals surface area contributed by atoms with Crippen molar-refractivity contribution in [2.75, 3.05) is 5.32 Å². The van der Waals surface area contributed by atoms with Crippen LogP contribution >= 0.6 is 11.6 Å². The van der Waals surface area contributed by atoms with Gasteiger partial charge < -0.3 is 14.6 Å². The Labute approximate surface area is 174 Å². The number of ether oxygens (including phenoxy) is 1. The summed E-state index contributed by atoms with van der Waals surface area (Å²) in [6, 6.07) is 14.7. The first-order valence-electron chi connectivity index (χ1n) is 9.86. The SMILES string of the molecule is CC(Oc1ccccc1)C(=O)Nc1ccc(Cl)c(-c2nnc3n2CCCCC3)c1.